The molecule has 0 saturated heterocycles. The Bertz CT molecular complexity index is 407. The molecule has 0 aliphatic heterocycles. The fraction of sp³-hybridized carbons (Fsp3) is 0.500. The lowest BCUT2D eigenvalue weighted by atomic mass is 9.80. The van der Waals surface area contributed by atoms with Crippen LogP contribution >= 0.6 is 0 Å². The third-order valence-corrected chi connectivity index (χ3v) is 3.01. The van der Waals surface area contributed by atoms with Gasteiger partial charge in [-0.25, -0.2) is 4.98 Å². The Kier molecular flexibility index (Phi) is 3.18. The van der Waals surface area contributed by atoms with E-state index >= 15 is 0 Å². The van der Waals surface area contributed by atoms with Crippen LogP contribution in [-0.4, -0.2) is 22.2 Å². The van der Waals surface area contributed by atoms with Crippen LogP contribution in [-0.2, 0) is 6.54 Å². The van der Waals surface area contributed by atoms with Crippen LogP contribution in [0.25, 0.3) is 0 Å². The molecule has 0 amide bonds. The average molecular weight is 217 g/mol. The molecule has 0 unspecified atom stereocenters. The van der Waals surface area contributed by atoms with E-state index in [1.165, 1.54) is 0 Å². The second kappa shape index (κ2) is 4.60. The molecule has 0 radical (unpaired) electrons. The summed E-state index contributed by atoms with van der Waals surface area (Å²) >= 11 is 0. The lowest BCUT2D eigenvalue weighted by molar-refractivity contribution is -0.0314. The van der Waals surface area contributed by atoms with Crippen LogP contribution in [0.1, 0.15) is 30.5 Å². The van der Waals surface area contributed by atoms with Gasteiger partial charge in [0.1, 0.15) is 11.8 Å². The third kappa shape index (κ3) is 2.57. The fourth-order valence-corrected chi connectivity index (χ4v) is 1.85. The molecule has 1 fully saturated rings. The van der Waals surface area contributed by atoms with Crippen molar-refractivity contribution in [1.82, 2.24) is 10.3 Å². The van der Waals surface area contributed by atoms with Crippen molar-refractivity contribution in [2.45, 2.75) is 31.4 Å². The van der Waals surface area contributed by atoms with Gasteiger partial charge in [0.25, 0.3) is 0 Å². The highest BCUT2D eigenvalue weighted by Crippen LogP contribution is 2.30. The van der Waals surface area contributed by atoms with Crippen molar-refractivity contribution < 1.29 is 5.11 Å². The zero-order valence-corrected chi connectivity index (χ0v) is 9.11. The van der Waals surface area contributed by atoms with Gasteiger partial charge in [0.05, 0.1) is 5.60 Å². The number of hydrogen-bond acceptors (Lipinski definition) is 4. The monoisotopic (exact) mass is 217 g/mol. The summed E-state index contributed by atoms with van der Waals surface area (Å²) in [4.78, 5) is 3.90. The number of aromatic nitrogens is 1. The Balaban J connectivity index is 1.83. The maximum absolute atomic E-state index is 9.86. The van der Waals surface area contributed by atoms with Crippen LogP contribution in [0.2, 0.25) is 0 Å². The summed E-state index contributed by atoms with van der Waals surface area (Å²) in [7, 11) is 0. The van der Waals surface area contributed by atoms with Gasteiger partial charge >= 0.3 is 0 Å². The Labute approximate surface area is 94.9 Å². The molecular weight excluding hydrogens is 202 g/mol. The average Bonchev–Trinajstić information content (AvgIpc) is 2.27. The van der Waals surface area contributed by atoms with E-state index in [9.17, 15) is 5.11 Å². The summed E-state index contributed by atoms with van der Waals surface area (Å²) in [6.45, 7) is 1.29. The Morgan fingerprint density at radius 1 is 1.56 bits per heavy atom. The van der Waals surface area contributed by atoms with E-state index in [4.69, 9.17) is 5.26 Å². The molecule has 0 atom stereocenters. The van der Waals surface area contributed by atoms with Gasteiger partial charge in [-0.2, -0.15) is 5.26 Å². The molecule has 0 aromatic carbocycles. The molecule has 4 nitrogen and oxygen atoms in total. The summed E-state index contributed by atoms with van der Waals surface area (Å²) in [6, 6.07) is 5.64. The van der Waals surface area contributed by atoms with Crippen molar-refractivity contribution in [2.75, 3.05) is 6.54 Å². The second-order valence-electron chi connectivity index (χ2n) is 4.34. The normalized spacial score (nSPS) is 17.5. The highest BCUT2D eigenvalue weighted by molar-refractivity contribution is 5.25. The summed E-state index contributed by atoms with van der Waals surface area (Å²) in [6.07, 6.45) is 4.53. The summed E-state index contributed by atoms with van der Waals surface area (Å²) < 4.78 is 0. The molecule has 2 N–H and O–H groups in total. The topological polar surface area (TPSA) is 68.9 Å². The van der Waals surface area contributed by atoms with Gasteiger partial charge in [-0.15, -0.1) is 0 Å². The number of hydrogen-bond donors (Lipinski definition) is 2. The molecule has 1 aromatic heterocycles. The fourth-order valence-electron chi connectivity index (χ4n) is 1.85. The largest absolute Gasteiger partial charge is 0.389 e. The Morgan fingerprint density at radius 3 is 3.00 bits per heavy atom. The molecule has 1 aromatic rings. The quantitative estimate of drug-likeness (QED) is 0.788. The van der Waals surface area contributed by atoms with Crippen molar-refractivity contribution in [3.63, 3.8) is 0 Å². The first-order chi connectivity index (χ1) is 7.72. The van der Waals surface area contributed by atoms with Gasteiger partial charge in [0.2, 0.25) is 0 Å². The van der Waals surface area contributed by atoms with Crippen LogP contribution in [0, 0.1) is 11.3 Å². The maximum Gasteiger partial charge on any atom is 0.140 e. The highest BCUT2D eigenvalue weighted by atomic mass is 16.3. The molecule has 16 heavy (non-hydrogen) atoms. The van der Waals surface area contributed by atoms with E-state index < -0.39 is 5.60 Å². The predicted octanol–water partition coefficient (Wildman–Crippen LogP) is 0.958. The van der Waals surface area contributed by atoms with Crippen LogP contribution in [0.15, 0.2) is 18.3 Å². The van der Waals surface area contributed by atoms with E-state index in [0.717, 1.165) is 24.8 Å². The third-order valence-electron chi connectivity index (χ3n) is 3.01. The van der Waals surface area contributed by atoms with Crippen LogP contribution in [0.5, 0.6) is 0 Å². The van der Waals surface area contributed by atoms with E-state index in [-0.39, 0.29) is 0 Å². The number of pyridine rings is 1. The first kappa shape index (κ1) is 11.1. The molecule has 84 valence electrons. The van der Waals surface area contributed by atoms with Crippen molar-refractivity contribution in [2.24, 2.45) is 0 Å². The molecule has 0 spiro atoms. The van der Waals surface area contributed by atoms with Gasteiger partial charge in [0.15, 0.2) is 0 Å². The van der Waals surface area contributed by atoms with Gasteiger partial charge in [0, 0.05) is 19.3 Å². The minimum atomic E-state index is -0.495. The minimum absolute atomic E-state index is 0.432. The number of nitriles is 1. The lowest BCUT2D eigenvalue weighted by Gasteiger charge is -2.36. The minimum Gasteiger partial charge on any atom is -0.389 e. The molecule has 2 rings (SSSR count). The first-order valence-corrected chi connectivity index (χ1v) is 5.50. The van der Waals surface area contributed by atoms with Gasteiger partial charge in [-0.1, -0.05) is 0 Å². The van der Waals surface area contributed by atoms with E-state index in [1.807, 2.05) is 12.1 Å². The SMILES string of the molecule is N#Cc1cc(CNCC2(O)CCC2)ccn1. The summed E-state index contributed by atoms with van der Waals surface area (Å²) in [5, 5.41) is 21.8. The summed E-state index contributed by atoms with van der Waals surface area (Å²) in [5.74, 6) is 0. The smallest absolute Gasteiger partial charge is 0.140 e. The van der Waals surface area contributed by atoms with Crippen molar-refractivity contribution in [1.29, 1.82) is 5.26 Å². The first-order valence-electron chi connectivity index (χ1n) is 5.50. The van der Waals surface area contributed by atoms with Gasteiger partial charge in [-0.3, -0.25) is 0 Å². The summed E-state index contributed by atoms with van der Waals surface area (Å²) in [5.41, 5.74) is 0.960. The number of rotatable bonds is 4. The number of nitrogens with one attached hydrogen (secondary N) is 1. The van der Waals surface area contributed by atoms with Crippen LogP contribution in [0.3, 0.4) is 0 Å². The molecule has 1 aliphatic carbocycles. The van der Waals surface area contributed by atoms with Crippen molar-refractivity contribution in [3.05, 3.63) is 29.6 Å². The zero-order valence-electron chi connectivity index (χ0n) is 9.11. The van der Waals surface area contributed by atoms with E-state index in [2.05, 4.69) is 10.3 Å². The van der Waals surface area contributed by atoms with Crippen LogP contribution < -0.4 is 5.32 Å². The second-order valence-corrected chi connectivity index (χ2v) is 4.34. The Morgan fingerprint density at radius 2 is 2.38 bits per heavy atom. The van der Waals surface area contributed by atoms with E-state index in [0.29, 0.717) is 18.8 Å². The maximum atomic E-state index is 9.86. The van der Waals surface area contributed by atoms with Crippen molar-refractivity contribution >= 4 is 0 Å². The number of nitrogens with zero attached hydrogens (tertiary/aromatic N) is 2. The zero-order chi connectivity index (χ0) is 11.4. The predicted molar refractivity (Wildman–Crippen MR) is 59.5 cm³/mol. The Hall–Kier alpha value is -1.44. The van der Waals surface area contributed by atoms with Crippen molar-refractivity contribution in [3.8, 4) is 6.07 Å². The van der Waals surface area contributed by atoms with Gasteiger partial charge in [-0.05, 0) is 37.0 Å². The van der Waals surface area contributed by atoms with Gasteiger partial charge < -0.3 is 10.4 Å². The molecule has 4 heteroatoms. The molecule has 0 bridgehead atoms. The molecule has 1 heterocycles. The van der Waals surface area contributed by atoms with E-state index in [1.54, 1.807) is 12.3 Å². The molecular formula is C12H15N3O. The molecule has 1 aliphatic rings. The standard InChI is InChI=1S/C12H15N3O/c13-7-11-6-10(2-5-15-11)8-14-9-12(16)3-1-4-12/h2,5-6,14,16H,1,3-4,8-9H2. The molecule has 1 saturated carbocycles. The lowest BCUT2D eigenvalue weighted by Crippen LogP contribution is -2.45. The highest BCUT2D eigenvalue weighted by Gasteiger charge is 2.33. The number of aliphatic hydroxyl groups is 1. The van der Waals surface area contributed by atoms with Crippen LogP contribution in [0.4, 0.5) is 0 Å².